The number of nitrogens with zero attached hydrogens (tertiary/aromatic N) is 1. The van der Waals surface area contributed by atoms with Crippen molar-refractivity contribution in [3.63, 3.8) is 0 Å². The standard InChI is InChI=1S/C12H16N2/c1-9(2)10-5-3-4-6-11(10)12-7-8-13-14-12/h3-6,9,13H,7-8H2,1-2H3. The van der Waals surface area contributed by atoms with Crippen LogP contribution in [0.25, 0.3) is 0 Å². The van der Waals surface area contributed by atoms with Gasteiger partial charge in [0.15, 0.2) is 0 Å². The number of rotatable bonds is 2. The van der Waals surface area contributed by atoms with Crippen molar-refractivity contribution < 1.29 is 0 Å². The van der Waals surface area contributed by atoms with Crippen molar-refractivity contribution in [2.45, 2.75) is 26.2 Å². The number of benzene rings is 1. The van der Waals surface area contributed by atoms with Crippen molar-refractivity contribution in [3.8, 4) is 0 Å². The molecule has 0 atom stereocenters. The van der Waals surface area contributed by atoms with Gasteiger partial charge >= 0.3 is 0 Å². The lowest BCUT2D eigenvalue weighted by Gasteiger charge is -2.11. The Labute approximate surface area is 85.0 Å². The van der Waals surface area contributed by atoms with Crippen molar-refractivity contribution in [1.29, 1.82) is 0 Å². The smallest absolute Gasteiger partial charge is 0.0696 e. The summed E-state index contributed by atoms with van der Waals surface area (Å²) in [5.41, 5.74) is 6.94. The van der Waals surface area contributed by atoms with Crippen LogP contribution in [0.4, 0.5) is 0 Å². The molecule has 0 saturated heterocycles. The quantitative estimate of drug-likeness (QED) is 0.757. The third kappa shape index (κ3) is 1.65. The zero-order chi connectivity index (χ0) is 9.97. The van der Waals surface area contributed by atoms with E-state index in [4.69, 9.17) is 0 Å². The molecule has 0 aliphatic carbocycles. The van der Waals surface area contributed by atoms with Crippen molar-refractivity contribution in [2.75, 3.05) is 6.54 Å². The topological polar surface area (TPSA) is 24.4 Å². The first-order valence-corrected chi connectivity index (χ1v) is 5.18. The minimum atomic E-state index is 0.564. The lowest BCUT2D eigenvalue weighted by Crippen LogP contribution is -2.03. The van der Waals surface area contributed by atoms with E-state index in [1.54, 1.807) is 0 Å². The van der Waals surface area contributed by atoms with Crippen LogP contribution in [-0.2, 0) is 0 Å². The van der Waals surface area contributed by atoms with Gasteiger partial charge in [-0.1, -0.05) is 38.1 Å². The van der Waals surface area contributed by atoms with Crippen molar-refractivity contribution in [3.05, 3.63) is 35.4 Å². The highest BCUT2D eigenvalue weighted by Gasteiger charge is 2.13. The summed E-state index contributed by atoms with van der Waals surface area (Å²) in [7, 11) is 0. The Morgan fingerprint density at radius 2 is 2.07 bits per heavy atom. The average Bonchev–Trinajstić information content (AvgIpc) is 2.70. The van der Waals surface area contributed by atoms with Gasteiger partial charge in [0, 0.05) is 18.5 Å². The van der Waals surface area contributed by atoms with Gasteiger partial charge in [-0.3, -0.25) is 0 Å². The Hall–Kier alpha value is -1.31. The summed E-state index contributed by atoms with van der Waals surface area (Å²) in [6, 6.07) is 8.55. The first-order chi connectivity index (χ1) is 6.79. The lowest BCUT2D eigenvalue weighted by atomic mass is 9.94. The molecular formula is C12H16N2. The number of hydrogen-bond donors (Lipinski definition) is 1. The summed E-state index contributed by atoms with van der Waals surface area (Å²) in [4.78, 5) is 0. The SMILES string of the molecule is CC(C)c1ccccc1C1=NNCC1. The predicted molar refractivity (Wildman–Crippen MR) is 59.7 cm³/mol. The second-order valence-electron chi connectivity index (χ2n) is 3.96. The monoisotopic (exact) mass is 188 g/mol. The Morgan fingerprint density at radius 3 is 2.71 bits per heavy atom. The third-order valence-corrected chi connectivity index (χ3v) is 2.58. The predicted octanol–water partition coefficient (Wildman–Crippen LogP) is 2.51. The number of nitrogens with one attached hydrogen (secondary N) is 1. The molecule has 0 amide bonds. The molecule has 1 aliphatic heterocycles. The maximum Gasteiger partial charge on any atom is 0.0696 e. The molecular weight excluding hydrogens is 172 g/mol. The normalized spacial score (nSPS) is 15.5. The second-order valence-corrected chi connectivity index (χ2v) is 3.96. The van der Waals surface area contributed by atoms with Crippen LogP contribution >= 0.6 is 0 Å². The molecule has 1 N–H and O–H groups in total. The summed E-state index contributed by atoms with van der Waals surface area (Å²) < 4.78 is 0. The maximum absolute atomic E-state index is 4.32. The van der Waals surface area contributed by atoms with E-state index >= 15 is 0 Å². The van der Waals surface area contributed by atoms with Crippen LogP contribution in [0, 0.1) is 0 Å². The number of hydrazone groups is 1. The van der Waals surface area contributed by atoms with E-state index in [2.05, 4.69) is 48.6 Å². The summed E-state index contributed by atoms with van der Waals surface area (Å²) in [5, 5.41) is 4.32. The van der Waals surface area contributed by atoms with E-state index in [1.165, 1.54) is 16.8 Å². The fraction of sp³-hybridized carbons (Fsp3) is 0.417. The van der Waals surface area contributed by atoms with E-state index in [0.717, 1.165) is 13.0 Å². The first-order valence-electron chi connectivity index (χ1n) is 5.18. The highest BCUT2D eigenvalue weighted by atomic mass is 15.3. The van der Waals surface area contributed by atoms with Gasteiger partial charge in [-0.25, -0.2) is 0 Å². The molecule has 2 heteroatoms. The van der Waals surface area contributed by atoms with Crippen LogP contribution in [0.15, 0.2) is 29.4 Å². The molecule has 1 heterocycles. The number of hydrogen-bond acceptors (Lipinski definition) is 2. The van der Waals surface area contributed by atoms with Crippen LogP contribution < -0.4 is 5.43 Å². The van der Waals surface area contributed by atoms with Crippen molar-refractivity contribution in [2.24, 2.45) is 5.10 Å². The molecule has 1 aliphatic rings. The van der Waals surface area contributed by atoms with Crippen LogP contribution in [0.3, 0.4) is 0 Å². The fourth-order valence-corrected chi connectivity index (χ4v) is 1.84. The molecule has 2 nitrogen and oxygen atoms in total. The van der Waals surface area contributed by atoms with Gasteiger partial charge < -0.3 is 5.43 Å². The summed E-state index contributed by atoms with van der Waals surface area (Å²) >= 11 is 0. The molecule has 0 bridgehead atoms. The third-order valence-electron chi connectivity index (χ3n) is 2.58. The van der Waals surface area contributed by atoms with E-state index in [0.29, 0.717) is 5.92 Å². The summed E-state index contributed by atoms with van der Waals surface area (Å²) in [6.07, 6.45) is 1.05. The average molecular weight is 188 g/mol. The van der Waals surface area contributed by atoms with Crippen LogP contribution in [0.1, 0.15) is 37.3 Å². The van der Waals surface area contributed by atoms with Crippen LogP contribution in [0.2, 0.25) is 0 Å². The van der Waals surface area contributed by atoms with Gasteiger partial charge in [-0.05, 0) is 11.5 Å². The molecule has 0 saturated carbocycles. The fourth-order valence-electron chi connectivity index (χ4n) is 1.84. The van der Waals surface area contributed by atoms with Crippen LogP contribution in [0.5, 0.6) is 0 Å². The minimum absolute atomic E-state index is 0.564. The second kappa shape index (κ2) is 3.82. The molecule has 0 fully saturated rings. The van der Waals surface area contributed by atoms with Crippen molar-refractivity contribution >= 4 is 5.71 Å². The highest BCUT2D eigenvalue weighted by Crippen LogP contribution is 2.21. The van der Waals surface area contributed by atoms with Gasteiger partial charge in [0.2, 0.25) is 0 Å². The molecule has 2 rings (SSSR count). The largest absolute Gasteiger partial charge is 0.309 e. The molecule has 1 aromatic carbocycles. The van der Waals surface area contributed by atoms with Gasteiger partial charge in [0.05, 0.1) is 5.71 Å². The summed E-state index contributed by atoms with van der Waals surface area (Å²) in [6.45, 7) is 5.42. The molecule has 0 spiro atoms. The molecule has 1 aromatic rings. The first kappa shape index (κ1) is 9.25. The van der Waals surface area contributed by atoms with Gasteiger partial charge in [-0.2, -0.15) is 5.10 Å². The Morgan fingerprint density at radius 1 is 1.29 bits per heavy atom. The Balaban J connectivity index is 2.41. The molecule has 14 heavy (non-hydrogen) atoms. The molecule has 0 unspecified atom stereocenters. The van der Waals surface area contributed by atoms with E-state index in [1.807, 2.05) is 0 Å². The van der Waals surface area contributed by atoms with Crippen LogP contribution in [-0.4, -0.2) is 12.3 Å². The van der Waals surface area contributed by atoms with Gasteiger partial charge in [-0.15, -0.1) is 0 Å². The lowest BCUT2D eigenvalue weighted by molar-refractivity contribution is 0.813. The van der Waals surface area contributed by atoms with E-state index in [-0.39, 0.29) is 0 Å². The maximum atomic E-state index is 4.32. The van der Waals surface area contributed by atoms with E-state index in [9.17, 15) is 0 Å². The molecule has 74 valence electrons. The highest BCUT2D eigenvalue weighted by molar-refractivity contribution is 6.02. The van der Waals surface area contributed by atoms with Gasteiger partial charge in [0.1, 0.15) is 0 Å². The minimum Gasteiger partial charge on any atom is -0.309 e. The van der Waals surface area contributed by atoms with Crippen molar-refractivity contribution in [1.82, 2.24) is 5.43 Å². The summed E-state index contributed by atoms with van der Waals surface area (Å²) in [5.74, 6) is 0.564. The molecule has 0 radical (unpaired) electrons. The zero-order valence-electron chi connectivity index (χ0n) is 8.75. The Kier molecular flexibility index (Phi) is 2.53. The van der Waals surface area contributed by atoms with Gasteiger partial charge in [0.25, 0.3) is 0 Å². The Bertz CT molecular complexity index is 353. The van der Waals surface area contributed by atoms with E-state index < -0.39 is 0 Å². The molecule has 0 aromatic heterocycles. The zero-order valence-corrected chi connectivity index (χ0v) is 8.75.